The molecule has 486 valence electrons. The van der Waals surface area contributed by atoms with Crippen molar-refractivity contribution in [3.63, 3.8) is 0 Å². The van der Waals surface area contributed by atoms with Gasteiger partial charge in [0.05, 0.1) is 32.0 Å². The molecule has 2 heterocycles. The largest absolute Gasteiger partial charge is 0.394 e. The molecule has 84 heavy (non-hydrogen) atoms. The first-order valence-electron chi connectivity index (χ1n) is 33.8. The van der Waals surface area contributed by atoms with E-state index in [-0.39, 0.29) is 18.9 Å². The first kappa shape index (κ1) is 77.3. The fourth-order valence-corrected chi connectivity index (χ4v) is 10.7. The quantitative estimate of drug-likeness (QED) is 0.0204. The Balaban J connectivity index is 1.74. The highest BCUT2D eigenvalue weighted by Crippen LogP contribution is 2.30. The van der Waals surface area contributed by atoms with Gasteiger partial charge in [-0.1, -0.05) is 253 Å². The Hall–Kier alpha value is -2.83. The second-order valence-electron chi connectivity index (χ2n) is 23.5. The summed E-state index contributed by atoms with van der Waals surface area (Å²) in [7, 11) is 0. The summed E-state index contributed by atoms with van der Waals surface area (Å²) in [6.07, 6.45) is 57.7. The topological polar surface area (TPSA) is 228 Å². The van der Waals surface area contributed by atoms with Crippen LogP contribution in [-0.2, 0) is 23.7 Å². The van der Waals surface area contributed by atoms with Crippen molar-refractivity contribution in [2.45, 2.75) is 331 Å². The van der Waals surface area contributed by atoms with Gasteiger partial charge in [0.25, 0.3) is 0 Å². The molecule has 0 aromatic heterocycles. The fraction of sp³-hybridized carbons (Fsp3) is 0.786. The molecule has 0 aliphatic carbocycles. The number of carbonyl (C=O) groups is 1. The standard InChI is InChI=1S/C70H123NO13/c1-3-5-7-9-11-13-15-17-19-21-23-25-27-28-29-30-32-33-35-37-39-41-43-45-47-49-51-53-59(74)58(57-81-69-67(80)65(78)68(61(56-73)83-69)84-70-66(79)64(77)63(76)60(55-72)82-70)71-62(75)54-52-50-48-46-44-42-40-38-36-34-31-26-24-22-20-18-16-14-12-10-8-6-4-2/h6,8,12,14,18,20,24,26,35,37,43,45,51,53,58-61,63-70,72-74,76-80H,3-5,7,9-11,13,15-17,19,21-23,25,27-34,36,38-42,44,46-50,52,54-57H2,1-2H3,(H,71,75)/b8-6-,14-12-,20-18-,26-24-,37-35+,45-43+,53-51+. The minimum absolute atomic E-state index is 0.259. The Bertz CT molecular complexity index is 1730. The summed E-state index contributed by atoms with van der Waals surface area (Å²) in [5.74, 6) is -0.259. The van der Waals surface area contributed by atoms with Gasteiger partial charge in [-0.2, -0.15) is 0 Å². The van der Waals surface area contributed by atoms with E-state index < -0.39 is 86.8 Å². The van der Waals surface area contributed by atoms with Crippen molar-refractivity contribution >= 4 is 5.91 Å². The zero-order valence-electron chi connectivity index (χ0n) is 52.6. The zero-order chi connectivity index (χ0) is 60.9. The molecule has 12 unspecified atom stereocenters. The van der Waals surface area contributed by atoms with Crippen LogP contribution in [0.25, 0.3) is 0 Å². The van der Waals surface area contributed by atoms with E-state index >= 15 is 0 Å². The molecule has 2 aliphatic heterocycles. The molecule has 2 fully saturated rings. The molecule has 0 aromatic carbocycles. The van der Waals surface area contributed by atoms with Gasteiger partial charge in [-0.15, -0.1) is 0 Å². The molecular weight excluding hydrogens is 1060 g/mol. The number of hydrogen-bond donors (Lipinski definition) is 9. The molecule has 2 rings (SSSR count). The lowest BCUT2D eigenvalue weighted by Gasteiger charge is -2.46. The number of carbonyl (C=O) groups excluding carboxylic acids is 1. The van der Waals surface area contributed by atoms with E-state index in [9.17, 15) is 45.6 Å². The SMILES string of the molecule is CC/C=C\C/C=C\C/C=C\C/C=C\CCCCCCCCCCCCC(=O)NC(COC1OC(CO)C(OC2OC(CO)C(O)C(O)C2O)C(O)C1O)C(O)/C=C/CC/C=C/CC/C=C/CCCCCCCCCCCCCCCCCCC. The predicted octanol–water partition coefficient (Wildman–Crippen LogP) is 13.2. The molecule has 12 atom stereocenters. The van der Waals surface area contributed by atoms with Gasteiger partial charge in [-0.3, -0.25) is 4.79 Å². The molecule has 9 N–H and O–H groups in total. The zero-order valence-corrected chi connectivity index (χ0v) is 52.6. The average Bonchev–Trinajstić information content (AvgIpc) is 3.18. The Labute approximate surface area is 510 Å². The molecule has 0 saturated carbocycles. The van der Waals surface area contributed by atoms with Crippen LogP contribution in [0.5, 0.6) is 0 Å². The number of nitrogens with one attached hydrogen (secondary N) is 1. The van der Waals surface area contributed by atoms with Crippen molar-refractivity contribution < 1.29 is 64.6 Å². The summed E-state index contributed by atoms with van der Waals surface area (Å²) < 4.78 is 22.8. The Morgan fingerprint density at radius 2 is 0.833 bits per heavy atom. The summed E-state index contributed by atoms with van der Waals surface area (Å²) in [4.78, 5) is 13.3. The summed E-state index contributed by atoms with van der Waals surface area (Å²) in [6.45, 7) is 2.68. The normalized spacial score (nSPS) is 24.2. The van der Waals surface area contributed by atoms with Gasteiger partial charge in [0.2, 0.25) is 5.91 Å². The van der Waals surface area contributed by atoms with E-state index in [2.05, 4.69) is 92.1 Å². The Kier molecular flexibility index (Phi) is 50.0. The van der Waals surface area contributed by atoms with Crippen LogP contribution in [0.2, 0.25) is 0 Å². The molecule has 0 bridgehead atoms. The number of rotatable bonds is 54. The van der Waals surface area contributed by atoms with Crippen LogP contribution in [0.1, 0.15) is 258 Å². The smallest absolute Gasteiger partial charge is 0.220 e. The number of ether oxygens (including phenoxy) is 4. The third kappa shape index (κ3) is 38.4. The van der Waals surface area contributed by atoms with E-state index in [1.54, 1.807) is 6.08 Å². The van der Waals surface area contributed by atoms with Gasteiger partial charge in [-0.05, 0) is 83.5 Å². The second kappa shape index (κ2) is 54.3. The second-order valence-corrected chi connectivity index (χ2v) is 23.5. The number of aliphatic hydroxyl groups is 8. The lowest BCUT2D eigenvalue weighted by Crippen LogP contribution is -2.65. The third-order valence-corrected chi connectivity index (χ3v) is 16.0. The highest BCUT2D eigenvalue weighted by molar-refractivity contribution is 5.76. The molecular formula is C70H123NO13. The average molecular weight is 1190 g/mol. The number of hydrogen-bond acceptors (Lipinski definition) is 13. The predicted molar refractivity (Wildman–Crippen MR) is 341 cm³/mol. The third-order valence-electron chi connectivity index (χ3n) is 16.0. The molecule has 2 saturated heterocycles. The molecule has 0 radical (unpaired) electrons. The maximum Gasteiger partial charge on any atom is 0.220 e. The number of aliphatic hydroxyl groups excluding tert-OH is 8. The van der Waals surface area contributed by atoms with E-state index in [1.807, 2.05) is 6.08 Å². The van der Waals surface area contributed by atoms with Gasteiger partial charge in [-0.25, -0.2) is 0 Å². The number of amides is 1. The van der Waals surface area contributed by atoms with Crippen LogP contribution in [0.3, 0.4) is 0 Å². The van der Waals surface area contributed by atoms with E-state index in [0.29, 0.717) is 12.8 Å². The molecule has 1 amide bonds. The molecule has 0 aromatic rings. The van der Waals surface area contributed by atoms with Crippen molar-refractivity contribution in [3.8, 4) is 0 Å². The Morgan fingerprint density at radius 3 is 1.31 bits per heavy atom. The van der Waals surface area contributed by atoms with Crippen LogP contribution >= 0.6 is 0 Å². The molecule has 14 nitrogen and oxygen atoms in total. The first-order valence-corrected chi connectivity index (χ1v) is 33.8. The Morgan fingerprint density at radius 1 is 0.440 bits per heavy atom. The monoisotopic (exact) mass is 1190 g/mol. The van der Waals surface area contributed by atoms with Crippen molar-refractivity contribution in [1.82, 2.24) is 5.32 Å². The molecule has 14 heteroatoms. The van der Waals surface area contributed by atoms with Crippen LogP contribution in [0.15, 0.2) is 85.1 Å². The maximum atomic E-state index is 13.3. The van der Waals surface area contributed by atoms with Crippen LogP contribution in [-0.4, -0.2) is 140 Å². The van der Waals surface area contributed by atoms with E-state index in [4.69, 9.17) is 18.9 Å². The van der Waals surface area contributed by atoms with Gasteiger partial charge in [0.15, 0.2) is 12.6 Å². The van der Waals surface area contributed by atoms with Gasteiger partial charge in [0, 0.05) is 6.42 Å². The highest BCUT2D eigenvalue weighted by atomic mass is 16.7. The number of unbranched alkanes of at least 4 members (excludes halogenated alkanes) is 29. The summed E-state index contributed by atoms with van der Waals surface area (Å²) in [5, 5.41) is 87.3. The number of allylic oxidation sites excluding steroid dienone is 13. The molecule has 0 spiro atoms. The van der Waals surface area contributed by atoms with Crippen molar-refractivity contribution in [3.05, 3.63) is 85.1 Å². The summed E-state index contributed by atoms with van der Waals surface area (Å²) in [5.41, 5.74) is 0. The highest BCUT2D eigenvalue weighted by Gasteiger charge is 2.51. The fourth-order valence-electron chi connectivity index (χ4n) is 10.7. The van der Waals surface area contributed by atoms with E-state index in [0.717, 1.165) is 77.0 Å². The van der Waals surface area contributed by atoms with E-state index in [1.165, 1.54) is 148 Å². The van der Waals surface area contributed by atoms with Gasteiger partial charge >= 0.3 is 0 Å². The summed E-state index contributed by atoms with van der Waals surface area (Å²) >= 11 is 0. The van der Waals surface area contributed by atoms with Crippen LogP contribution < -0.4 is 5.32 Å². The minimum Gasteiger partial charge on any atom is -0.394 e. The van der Waals surface area contributed by atoms with Crippen LogP contribution in [0, 0.1) is 0 Å². The lowest BCUT2D eigenvalue weighted by molar-refractivity contribution is -0.359. The maximum absolute atomic E-state index is 13.3. The van der Waals surface area contributed by atoms with Crippen molar-refractivity contribution in [2.24, 2.45) is 0 Å². The van der Waals surface area contributed by atoms with Crippen molar-refractivity contribution in [1.29, 1.82) is 0 Å². The lowest BCUT2D eigenvalue weighted by atomic mass is 9.97. The minimum atomic E-state index is -1.80. The van der Waals surface area contributed by atoms with Crippen LogP contribution in [0.4, 0.5) is 0 Å². The van der Waals surface area contributed by atoms with Crippen molar-refractivity contribution in [2.75, 3.05) is 19.8 Å². The molecule has 2 aliphatic rings. The summed E-state index contributed by atoms with van der Waals surface area (Å²) in [6, 6.07) is -0.947. The first-order chi connectivity index (χ1) is 41.1. The van der Waals surface area contributed by atoms with Gasteiger partial charge in [0.1, 0.15) is 48.8 Å². The van der Waals surface area contributed by atoms with Gasteiger partial charge < -0.3 is 65.1 Å².